The first-order valence-corrected chi connectivity index (χ1v) is 6.84. The van der Waals surface area contributed by atoms with Gasteiger partial charge in [0.1, 0.15) is 11.3 Å². The summed E-state index contributed by atoms with van der Waals surface area (Å²) < 4.78 is 10.1. The van der Waals surface area contributed by atoms with Gasteiger partial charge in [-0.15, -0.1) is 0 Å². The summed E-state index contributed by atoms with van der Waals surface area (Å²) >= 11 is 0. The van der Waals surface area contributed by atoms with Crippen LogP contribution in [-0.4, -0.2) is 23.9 Å². The number of amides is 2. The molecule has 0 saturated heterocycles. The number of ether oxygens (including phenoxy) is 1. The lowest BCUT2D eigenvalue weighted by molar-refractivity contribution is -0.123. The Labute approximate surface area is 132 Å². The Morgan fingerprint density at radius 3 is 2.35 bits per heavy atom. The maximum atomic E-state index is 12.0. The summed E-state index contributed by atoms with van der Waals surface area (Å²) in [6.45, 7) is 3.09. The van der Waals surface area contributed by atoms with Crippen LogP contribution in [0.4, 0.5) is 5.69 Å². The van der Waals surface area contributed by atoms with Gasteiger partial charge in [-0.3, -0.25) is 9.59 Å². The number of esters is 1. The van der Waals surface area contributed by atoms with Gasteiger partial charge in [0.05, 0.1) is 6.26 Å². The Bertz CT molecular complexity index is 733. The van der Waals surface area contributed by atoms with Crippen LogP contribution in [-0.2, 0) is 9.53 Å². The normalized spacial score (nSPS) is 11.6. The smallest absolute Gasteiger partial charge is 0.342 e. The molecule has 0 unspecified atom stereocenters. The Morgan fingerprint density at radius 2 is 1.83 bits per heavy atom. The number of primary amides is 1. The molecule has 120 valence electrons. The molecule has 0 saturated carbocycles. The van der Waals surface area contributed by atoms with Gasteiger partial charge >= 0.3 is 5.97 Å². The van der Waals surface area contributed by atoms with E-state index in [1.54, 1.807) is 6.92 Å². The Morgan fingerprint density at radius 1 is 1.17 bits per heavy atom. The molecule has 7 heteroatoms. The highest BCUT2D eigenvalue weighted by atomic mass is 16.5. The van der Waals surface area contributed by atoms with Crippen molar-refractivity contribution in [3.8, 4) is 0 Å². The van der Waals surface area contributed by atoms with Gasteiger partial charge in [0.15, 0.2) is 6.10 Å². The number of benzene rings is 1. The lowest BCUT2D eigenvalue weighted by atomic mass is 10.2. The third kappa shape index (κ3) is 3.97. The van der Waals surface area contributed by atoms with Crippen molar-refractivity contribution >= 4 is 23.5 Å². The number of nitrogens with one attached hydrogen (secondary N) is 1. The van der Waals surface area contributed by atoms with Crippen LogP contribution in [0.25, 0.3) is 0 Å². The summed E-state index contributed by atoms with van der Waals surface area (Å²) in [6, 6.07) is 7.53. The standard InChI is InChI=1S/C16H16N2O5/c1-9-13(7-8-22-9)16(21)23-10(2)15(20)18-12-5-3-11(4-6-12)14(17)19/h3-8,10H,1-2H3,(H2,17,19)(H,18,20)/t10-/m1/s1. The molecule has 2 aromatic rings. The molecule has 2 amide bonds. The van der Waals surface area contributed by atoms with E-state index < -0.39 is 23.9 Å². The zero-order chi connectivity index (χ0) is 17.0. The Balaban J connectivity index is 1.96. The molecule has 2 rings (SSSR count). The van der Waals surface area contributed by atoms with E-state index in [1.807, 2.05) is 0 Å². The van der Waals surface area contributed by atoms with Gasteiger partial charge in [-0.25, -0.2) is 4.79 Å². The van der Waals surface area contributed by atoms with E-state index >= 15 is 0 Å². The monoisotopic (exact) mass is 316 g/mol. The minimum absolute atomic E-state index is 0.274. The fraction of sp³-hybridized carbons (Fsp3) is 0.188. The number of hydrogen-bond acceptors (Lipinski definition) is 5. The SMILES string of the molecule is Cc1occc1C(=O)O[C@H](C)C(=O)Nc1ccc(C(N)=O)cc1. The van der Waals surface area contributed by atoms with Crippen molar-refractivity contribution in [2.75, 3.05) is 5.32 Å². The molecule has 0 spiro atoms. The molecule has 3 N–H and O–H groups in total. The van der Waals surface area contributed by atoms with Crippen molar-refractivity contribution in [1.29, 1.82) is 0 Å². The highest BCUT2D eigenvalue weighted by Gasteiger charge is 2.21. The maximum Gasteiger partial charge on any atom is 0.342 e. The first-order valence-electron chi connectivity index (χ1n) is 6.84. The molecular formula is C16H16N2O5. The second kappa shape index (κ2) is 6.78. The predicted molar refractivity (Wildman–Crippen MR) is 81.9 cm³/mol. The molecule has 1 atom stereocenters. The van der Waals surface area contributed by atoms with Gasteiger partial charge < -0.3 is 20.2 Å². The van der Waals surface area contributed by atoms with Gasteiger partial charge in [0.25, 0.3) is 5.91 Å². The molecule has 23 heavy (non-hydrogen) atoms. The Kier molecular flexibility index (Phi) is 4.80. The van der Waals surface area contributed by atoms with Gasteiger partial charge in [-0.2, -0.15) is 0 Å². The van der Waals surface area contributed by atoms with Crippen LogP contribution in [0.1, 0.15) is 33.4 Å². The molecule has 0 fully saturated rings. The third-order valence-corrected chi connectivity index (χ3v) is 3.17. The molecule has 0 aliphatic heterocycles. The van der Waals surface area contributed by atoms with E-state index in [-0.39, 0.29) is 5.56 Å². The number of anilines is 1. The van der Waals surface area contributed by atoms with Crippen LogP contribution in [0.15, 0.2) is 41.0 Å². The molecule has 0 aliphatic carbocycles. The van der Waals surface area contributed by atoms with Gasteiger partial charge in [-0.1, -0.05) is 0 Å². The maximum absolute atomic E-state index is 12.0. The van der Waals surface area contributed by atoms with E-state index in [4.69, 9.17) is 14.9 Å². The van der Waals surface area contributed by atoms with Crippen LogP contribution in [0, 0.1) is 6.92 Å². The number of carbonyl (C=O) groups excluding carboxylic acids is 3. The molecule has 0 bridgehead atoms. The molecule has 0 aliphatic rings. The zero-order valence-corrected chi connectivity index (χ0v) is 12.7. The highest BCUT2D eigenvalue weighted by Crippen LogP contribution is 2.13. The lowest BCUT2D eigenvalue weighted by Gasteiger charge is -2.13. The molecular weight excluding hydrogens is 300 g/mol. The van der Waals surface area contributed by atoms with E-state index in [9.17, 15) is 14.4 Å². The summed E-state index contributed by atoms with van der Waals surface area (Å²) in [4.78, 5) is 34.9. The first kappa shape index (κ1) is 16.3. The van der Waals surface area contributed by atoms with E-state index in [2.05, 4.69) is 5.32 Å². The molecule has 1 heterocycles. The molecule has 1 aromatic heterocycles. The largest absolute Gasteiger partial charge is 0.469 e. The lowest BCUT2D eigenvalue weighted by Crippen LogP contribution is -2.30. The fourth-order valence-corrected chi connectivity index (χ4v) is 1.84. The Hall–Kier alpha value is -3.09. The third-order valence-electron chi connectivity index (χ3n) is 3.17. The minimum Gasteiger partial charge on any atom is -0.469 e. The van der Waals surface area contributed by atoms with Crippen LogP contribution in [0.2, 0.25) is 0 Å². The summed E-state index contributed by atoms with van der Waals surface area (Å²) in [5.74, 6) is -1.26. The zero-order valence-electron chi connectivity index (χ0n) is 12.7. The first-order chi connectivity index (χ1) is 10.9. The van der Waals surface area contributed by atoms with Crippen molar-refractivity contribution in [3.05, 3.63) is 53.5 Å². The van der Waals surface area contributed by atoms with Gasteiger partial charge in [0.2, 0.25) is 5.91 Å². The van der Waals surface area contributed by atoms with Crippen molar-refractivity contribution in [2.24, 2.45) is 5.73 Å². The van der Waals surface area contributed by atoms with E-state index in [0.29, 0.717) is 17.0 Å². The predicted octanol–water partition coefficient (Wildman–Crippen LogP) is 1.87. The van der Waals surface area contributed by atoms with Crippen molar-refractivity contribution in [2.45, 2.75) is 20.0 Å². The second-order valence-corrected chi connectivity index (χ2v) is 4.87. The average molecular weight is 316 g/mol. The van der Waals surface area contributed by atoms with Crippen LogP contribution in [0.3, 0.4) is 0 Å². The quantitative estimate of drug-likeness (QED) is 0.818. The van der Waals surface area contributed by atoms with Crippen LogP contribution in [0.5, 0.6) is 0 Å². The number of rotatable bonds is 5. The molecule has 7 nitrogen and oxygen atoms in total. The van der Waals surface area contributed by atoms with Crippen molar-refractivity contribution < 1.29 is 23.5 Å². The number of furan rings is 1. The van der Waals surface area contributed by atoms with E-state index in [0.717, 1.165) is 0 Å². The number of carbonyl (C=O) groups is 3. The van der Waals surface area contributed by atoms with Crippen molar-refractivity contribution in [3.63, 3.8) is 0 Å². The average Bonchev–Trinajstić information content (AvgIpc) is 2.93. The number of nitrogens with two attached hydrogens (primary N) is 1. The number of hydrogen-bond donors (Lipinski definition) is 2. The summed E-state index contributed by atoms with van der Waals surface area (Å²) in [6.07, 6.45) is 0.379. The molecule has 1 aromatic carbocycles. The highest BCUT2D eigenvalue weighted by molar-refractivity contribution is 5.98. The number of aryl methyl sites for hydroxylation is 1. The second-order valence-electron chi connectivity index (χ2n) is 4.87. The molecule has 0 radical (unpaired) electrons. The van der Waals surface area contributed by atoms with Gasteiger partial charge in [0, 0.05) is 11.3 Å². The summed E-state index contributed by atoms with van der Waals surface area (Å²) in [7, 11) is 0. The fourth-order valence-electron chi connectivity index (χ4n) is 1.84. The summed E-state index contributed by atoms with van der Waals surface area (Å²) in [5.41, 5.74) is 6.20. The topological polar surface area (TPSA) is 112 Å². The van der Waals surface area contributed by atoms with E-state index in [1.165, 1.54) is 43.5 Å². The summed E-state index contributed by atoms with van der Waals surface area (Å²) in [5, 5.41) is 2.58. The minimum atomic E-state index is -0.993. The van der Waals surface area contributed by atoms with Gasteiger partial charge in [-0.05, 0) is 44.2 Å². The van der Waals surface area contributed by atoms with Crippen LogP contribution < -0.4 is 11.1 Å². The van der Waals surface area contributed by atoms with Crippen LogP contribution >= 0.6 is 0 Å². The van der Waals surface area contributed by atoms with Crippen molar-refractivity contribution in [1.82, 2.24) is 0 Å².